The second kappa shape index (κ2) is 6.92. The zero-order valence-corrected chi connectivity index (χ0v) is 12.1. The van der Waals surface area contributed by atoms with E-state index in [9.17, 15) is 9.59 Å². The van der Waals surface area contributed by atoms with Crippen LogP contribution in [0.25, 0.3) is 0 Å². The molecule has 0 radical (unpaired) electrons. The molecule has 2 amide bonds. The molecule has 0 aromatic rings. The first kappa shape index (κ1) is 15.1. The number of likely N-dealkylation sites (tertiary alicyclic amines) is 1. The summed E-state index contributed by atoms with van der Waals surface area (Å²) in [5.74, 6) is -0.829. The molecule has 2 fully saturated rings. The summed E-state index contributed by atoms with van der Waals surface area (Å²) in [5, 5.41) is 9.00. The fourth-order valence-corrected chi connectivity index (χ4v) is 2.84. The number of aliphatic carboxylic acids is 1. The highest BCUT2D eigenvalue weighted by Crippen LogP contribution is 2.29. The number of carboxylic acid groups (broad SMARTS) is 1. The molecular weight excluding hydrogens is 260 g/mol. The number of amides is 2. The molecule has 1 aliphatic carbocycles. The van der Waals surface area contributed by atoms with Crippen LogP contribution in [-0.4, -0.2) is 65.8 Å². The maximum Gasteiger partial charge on any atom is 0.320 e. The average Bonchev–Trinajstić information content (AvgIpc) is 3.23. The molecule has 6 nitrogen and oxygen atoms in total. The van der Waals surface area contributed by atoms with Crippen molar-refractivity contribution >= 4 is 12.0 Å². The molecule has 1 unspecified atom stereocenters. The molecule has 0 spiro atoms. The largest absolute Gasteiger partial charge is 0.481 e. The van der Waals surface area contributed by atoms with E-state index in [0.717, 1.165) is 32.1 Å². The number of hydrogen-bond donors (Lipinski definition) is 1. The van der Waals surface area contributed by atoms with Crippen LogP contribution in [0.5, 0.6) is 0 Å². The molecular formula is C14H24N2O4. The van der Waals surface area contributed by atoms with E-state index in [1.807, 2.05) is 4.90 Å². The van der Waals surface area contributed by atoms with Crippen molar-refractivity contribution in [2.75, 3.05) is 26.8 Å². The highest BCUT2D eigenvalue weighted by Gasteiger charge is 2.37. The van der Waals surface area contributed by atoms with E-state index in [1.54, 1.807) is 12.0 Å². The number of rotatable bonds is 6. The van der Waals surface area contributed by atoms with Gasteiger partial charge in [-0.05, 0) is 32.1 Å². The summed E-state index contributed by atoms with van der Waals surface area (Å²) >= 11 is 0. The van der Waals surface area contributed by atoms with Crippen molar-refractivity contribution in [2.45, 2.75) is 50.6 Å². The quantitative estimate of drug-likeness (QED) is 0.803. The zero-order valence-electron chi connectivity index (χ0n) is 12.1. The summed E-state index contributed by atoms with van der Waals surface area (Å²) in [5.41, 5.74) is 0. The average molecular weight is 284 g/mol. The molecule has 20 heavy (non-hydrogen) atoms. The summed E-state index contributed by atoms with van der Waals surface area (Å²) < 4.78 is 5.07. The standard InChI is InChI=1S/C14H24N2O4/c1-20-9-8-16(11-5-6-11)14(19)15-7-3-2-4-12(15)10-13(17)18/h11-12H,2-10H2,1H3,(H,17,18). The van der Waals surface area contributed by atoms with E-state index < -0.39 is 5.97 Å². The minimum absolute atomic E-state index is 0.00417. The second-order valence-corrected chi connectivity index (χ2v) is 5.64. The monoisotopic (exact) mass is 284 g/mol. The van der Waals surface area contributed by atoms with Gasteiger partial charge in [-0.15, -0.1) is 0 Å². The topological polar surface area (TPSA) is 70.1 Å². The van der Waals surface area contributed by atoms with Crippen molar-refractivity contribution < 1.29 is 19.4 Å². The Balaban J connectivity index is 2.00. The first-order chi connectivity index (χ1) is 9.63. The number of carbonyl (C=O) groups excluding carboxylic acids is 1. The molecule has 6 heteroatoms. The van der Waals surface area contributed by atoms with Crippen molar-refractivity contribution in [1.82, 2.24) is 9.80 Å². The molecule has 1 heterocycles. The third-order valence-corrected chi connectivity index (χ3v) is 4.05. The summed E-state index contributed by atoms with van der Waals surface area (Å²) in [6.07, 6.45) is 4.91. The number of nitrogens with zero attached hydrogens (tertiary/aromatic N) is 2. The van der Waals surface area contributed by atoms with Crippen LogP contribution in [0.1, 0.15) is 38.5 Å². The van der Waals surface area contributed by atoms with Crippen molar-refractivity contribution in [2.24, 2.45) is 0 Å². The minimum Gasteiger partial charge on any atom is -0.481 e. The first-order valence-corrected chi connectivity index (χ1v) is 7.41. The molecule has 0 aromatic carbocycles. The van der Waals surface area contributed by atoms with Gasteiger partial charge >= 0.3 is 12.0 Å². The van der Waals surface area contributed by atoms with Gasteiger partial charge in [-0.25, -0.2) is 4.79 Å². The van der Waals surface area contributed by atoms with E-state index in [4.69, 9.17) is 9.84 Å². The van der Waals surface area contributed by atoms with Crippen LogP contribution >= 0.6 is 0 Å². The van der Waals surface area contributed by atoms with E-state index in [0.29, 0.717) is 25.7 Å². The van der Waals surface area contributed by atoms with Gasteiger partial charge in [-0.1, -0.05) is 0 Å². The normalized spacial score (nSPS) is 22.6. The number of carboxylic acids is 1. The lowest BCUT2D eigenvalue weighted by molar-refractivity contribution is -0.138. The maximum atomic E-state index is 12.7. The molecule has 1 saturated heterocycles. The first-order valence-electron chi connectivity index (χ1n) is 7.41. The van der Waals surface area contributed by atoms with Crippen LogP contribution in [0.3, 0.4) is 0 Å². The van der Waals surface area contributed by atoms with Crippen LogP contribution in [0, 0.1) is 0 Å². The highest BCUT2D eigenvalue weighted by molar-refractivity contribution is 5.77. The molecule has 0 aromatic heterocycles. The van der Waals surface area contributed by atoms with Crippen molar-refractivity contribution in [3.05, 3.63) is 0 Å². The van der Waals surface area contributed by atoms with Crippen LogP contribution in [0.4, 0.5) is 4.79 Å². The van der Waals surface area contributed by atoms with E-state index >= 15 is 0 Å². The summed E-state index contributed by atoms with van der Waals surface area (Å²) in [7, 11) is 1.63. The molecule has 2 rings (SSSR count). The van der Waals surface area contributed by atoms with Gasteiger partial charge in [0.05, 0.1) is 13.0 Å². The van der Waals surface area contributed by atoms with E-state index in [-0.39, 0.29) is 18.5 Å². The van der Waals surface area contributed by atoms with Crippen LogP contribution in [0.2, 0.25) is 0 Å². The van der Waals surface area contributed by atoms with Gasteiger partial charge in [-0.3, -0.25) is 4.79 Å². The van der Waals surface area contributed by atoms with Crippen molar-refractivity contribution in [3.63, 3.8) is 0 Å². The smallest absolute Gasteiger partial charge is 0.320 e. The predicted molar refractivity (Wildman–Crippen MR) is 73.6 cm³/mol. The molecule has 1 N–H and O–H groups in total. The van der Waals surface area contributed by atoms with Gasteiger partial charge in [0, 0.05) is 32.3 Å². The molecule has 0 bridgehead atoms. The molecule has 114 valence electrons. The Bertz CT molecular complexity index is 357. The molecule has 2 aliphatic rings. The fourth-order valence-electron chi connectivity index (χ4n) is 2.84. The third kappa shape index (κ3) is 3.85. The summed E-state index contributed by atoms with van der Waals surface area (Å²) in [6, 6.07) is 0.165. The lowest BCUT2D eigenvalue weighted by Crippen LogP contribution is -2.52. The van der Waals surface area contributed by atoms with Gasteiger partial charge in [0.15, 0.2) is 0 Å². The number of piperidine rings is 1. The number of ether oxygens (including phenoxy) is 1. The summed E-state index contributed by atoms with van der Waals surface area (Å²) in [4.78, 5) is 27.3. The fraction of sp³-hybridized carbons (Fsp3) is 0.857. The molecule has 1 aliphatic heterocycles. The lowest BCUT2D eigenvalue weighted by atomic mass is 10.00. The molecule has 1 atom stereocenters. The minimum atomic E-state index is -0.829. The Morgan fingerprint density at radius 3 is 2.65 bits per heavy atom. The number of urea groups is 1. The highest BCUT2D eigenvalue weighted by atomic mass is 16.5. The predicted octanol–water partition coefficient (Wildman–Crippen LogP) is 1.55. The number of hydrogen-bond acceptors (Lipinski definition) is 3. The van der Waals surface area contributed by atoms with Gasteiger partial charge in [0.2, 0.25) is 0 Å². The van der Waals surface area contributed by atoms with E-state index in [1.165, 1.54) is 0 Å². The van der Waals surface area contributed by atoms with Gasteiger partial charge in [-0.2, -0.15) is 0 Å². The van der Waals surface area contributed by atoms with Crippen LogP contribution in [-0.2, 0) is 9.53 Å². The Kier molecular flexibility index (Phi) is 5.23. The Labute approximate surface area is 119 Å². The number of methoxy groups -OCH3 is 1. The zero-order chi connectivity index (χ0) is 14.5. The maximum absolute atomic E-state index is 12.7. The third-order valence-electron chi connectivity index (χ3n) is 4.05. The van der Waals surface area contributed by atoms with Crippen molar-refractivity contribution in [1.29, 1.82) is 0 Å². The van der Waals surface area contributed by atoms with E-state index in [2.05, 4.69) is 0 Å². The van der Waals surface area contributed by atoms with Gasteiger partial charge in [0.1, 0.15) is 0 Å². The Morgan fingerprint density at radius 2 is 2.05 bits per heavy atom. The van der Waals surface area contributed by atoms with Gasteiger partial charge < -0.3 is 19.6 Å². The Morgan fingerprint density at radius 1 is 1.30 bits per heavy atom. The Hall–Kier alpha value is -1.30. The SMILES string of the molecule is COCCN(C(=O)N1CCCCC1CC(=O)O)C1CC1. The number of carbonyl (C=O) groups is 2. The molecule has 1 saturated carbocycles. The van der Waals surface area contributed by atoms with Crippen molar-refractivity contribution in [3.8, 4) is 0 Å². The summed E-state index contributed by atoms with van der Waals surface area (Å²) in [6.45, 7) is 1.79. The van der Waals surface area contributed by atoms with Gasteiger partial charge in [0.25, 0.3) is 0 Å². The lowest BCUT2D eigenvalue weighted by Gasteiger charge is -2.38. The van der Waals surface area contributed by atoms with Crippen LogP contribution in [0.15, 0.2) is 0 Å². The van der Waals surface area contributed by atoms with Crippen LogP contribution < -0.4 is 0 Å². The second-order valence-electron chi connectivity index (χ2n) is 5.64.